The number of benzene rings is 1. The third kappa shape index (κ3) is 4.35. The largest absolute Gasteiger partial charge is 0.375 e. The minimum absolute atomic E-state index is 0.147. The minimum atomic E-state index is -0.237. The smallest absolute Gasteiger partial charge is 0.127 e. The maximum absolute atomic E-state index is 13.9. The Hall–Kier alpha value is -0.290. The molecule has 1 heterocycles. The van der Waals surface area contributed by atoms with Gasteiger partial charge in [-0.2, -0.15) is 11.8 Å². The zero-order valence-electron chi connectivity index (χ0n) is 11.0. The lowest BCUT2D eigenvalue weighted by Gasteiger charge is -2.31. The van der Waals surface area contributed by atoms with Gasteiger partial charge in [0.25, 0.3) is 0 Å². The molecule has 5 heteroatoms. The fraction of sp³-hybridized carbons (Fsp3) is 0.571. The molecule has 106 valence electrons. The summed E-state index contributed by atoms with van der Waals surface area (Å²) < 4.78 is 19.7. The topological polar surface area (TPSA) is 21.3 Å². The standard InChI is InChI=1S/C14H19ClFNOS/c1-2-17-13(14-9-19-6-5-18-14)7-10-3-4-11(15)8-12(10)16/h3-4,8,13-14,17H,2,5-7,9H2,1H3. The molecule has 1 N–H and O–H groups in total. The third-order valence-electron chi connectivity index (χ3n) is 3.21. The highest BCUT2D eigenvalue weighted by atomic mass is 35.5. The Morgan fingerprint density at radius 2 is 2.42 bits per heavy atom. The number of hydrogen-bond acceptors (Lipinski definition) is 3. The lowest BCUT2D eigenvalue weighted by molar-refractivity contribution is 0.0474. The van der Waals surface area contributed by atoms with Crippen LogP contribution in [0.4, 0.5) is 4.39 Å². The van der Waals surface area contributed by atoms with Gasteiger partial charge in [-0.05, 0) is 30.7 Å². The molecule has 0 saturated carbocycles. The van der Waals surface area contributed by atoms with E-state index in [-0.39, 0.29) is 18.0 Å². The zero-order valence-corrected chi connectivity index (χ0v) is 12.6. The van der Waals surface area contributed by atoms with Crippen molar-refractivity contribution in [1.82, 2.24) is 5.32 Å². The lowest BCUT2D eigenvalue weighted by Crippen LogP contribution is -2.46. The SMILES string of the molecule is CCNC(Cc1ccc(Cl)cc1F)C1CSCCO1. The van der Waals surface area contributed by atoms with Gasteiger partial charge in [-0.25, -0.2) is 4.39 Å². The molecule has 1 aromatic carbocycles. The first-order valence-corrected chi connectivity index (χ1v) is 8.10. The van der Waals surface area contributed by atoms with E-state index in [9.17, 15) is 4.39 Å². The third-order valence-corrected chi connectivity index (χ3v) is 4.47. The van der Waals surface area contributed by atoms with Gasteiger partial charge in [0, 0.05) is 22.6 Å². The summed E-state index contributed by atoms with van der Waals surface area (Å²) in [6.07, 6.45) is 0.774. The van der Waals surface area contributed by atoms with Crippen molar-refractivity contribution in [3.8, 4) is 0 Å². The summed E-state index contributed by atoms with van der Waals surface area (Å²) in [7, 11) is 0. The summed E-state index contributed by atoms with van der Waals surface area (Å²) >= 11 is 7.67. The summed E-state index contributed by atoms with van der Waals surface area (Å²) in [5.74, 6) is 1.77. The van der Waals surface area contributed by atoms with Gasteiger partial charge < -0.3 is 10.1 Å². The van der Waals surface area contributed by atoms with Gasteiger partial charge in [-0.1, -0.05) is 24.6 Å². The van der Waals surface area contributed by atoms with Crippen LogP contribution in [0.25, 0.3) is 0 Å². The van der Waals surface area contributed by atoms with Crippen molar-refractivity contribution in [1.29, 1.82) is 0 Å². The van der Waals surface area contributed by atoms with E-state index >= 15 is 0 Å². The van der Waals surface area contributed by atoms with E-state index < -0.39 is 0 Å². The van der Waals surface area contributed by atoms with E-state index in [0.717, 1.165) is 24.7 Å². The average Bonchev–Trinajstić information content (AvgIpc) is 2.42. The number of likely N-dealkylation sites (N-methyl/N-ethyl adjacent to an activating group) is 1. The summed E-state index contributed by atoms with van der Waals surface area (Å²) in [4.78, 5) is 0. The molecule has 1 aliphatic heterocycles. The van der Waals surface area contributed by atoms with Gasteiger partial charge in [0.05, 0.1) is 12.7 Å². The second-order valence-corrected chi connectivity index (χ2v) is 6.17. The zero-order chi connectivity index (χ0) is 13.7. The molecule has 0 amide bonds. The van der Waals surface area contributed by atoms with Gasteiger partial charge in [0.1, 0.15) is 5.82 Å². The molecule has 2 atom stereocenters. The van der Waals surface area contributed by atoms with E-state index in [2.05, 4.69) is 12.2 Å². The molecule has 1 saturated heterocycles. The van der Waals surface area contributed by atoms with Gasteiger partial charge >= 0.3 is 0 Å². The van der Waals surface area contributed by atoms with Crippen molar-refractivity contribution >= 4 is 23.4 Å². The maximum Gasteiger partial charge on any atom is 0.127 e. The Morgan fingerprint density at radius 1 is 1.58 bits per heavy atom. The van der Waals surface area contributed by atoms with Crippen LogP contribution >= 0.6 is 23.4 Å². The van der Waals surface area contributed by atoms with E-state index in [1.165, 1.54) is 6.07 Å². The molecule has 0 radical (unpaired) electrons. The number of thioether (sulfide) groups is 1. The normalized spacial score (nSPS) is 21.3. The molecule has 2 nitrogen and oxygen atoms in total. The van der Waals surface area contributed by atoms with Crippen molar-refractivity contribution in [2.45, 2.75) is 25.5 Å². The average molecular weight is 304 g/mol. The fourth-order valence-corrected chi connectivity index (χ4v) is 3.36. The van der Waals surface area contributed by atoms with E-state index in [1.807, 2.05) is 11.8 Å². The number of nitrogens with one attached hydrogen (secondary N) is 1. The number of halogens is 2. The summed E-state index contributed by atoms with van der Waals surface area (Å²) in [5.41, 5.74) is 0.689. The molecule has 1 fully saturated rings. The Morgan fingerprint density at radius 3 is 3.05 bits per heavy atom. The number of rotatable bonds is 5. The molecule has 1 aliphatic rings. The van der Waals surface area contributed by atoms with Crippen LogP contribution < -0.4 is 5.32 Å². The van der Waals surface area contributed by atoms with Crippen LogP contribution in [0.15, 0.2) is 18.2 Å². The highest BCUT2D eigenvalue weighted by Crippen LogP contribution is 2.21. The van der Waals surface area contributed by atoms with Crippen LogP contribution in [0.3, 0.4) is 0 Å². The van der Waals surface area contributed by atoms with E-state index in [1.54, 1.807) is 12.1 Å². The quantitative estimate of drug-likeness (QED) is 0.903. The summed E-state index contributed by atoms with van der Waals surface area (Å²) in [6, 6.07) is 5.02. The monoisotopic (exact) mass is 303 g/mol. The Labute approximate surface area is 123 Å². The van der Waals surface area contributed by atoms with Crippen LogP contribution in [-0.2, 0) is 11.2 Å². The molecule has 0 aromatic heterocycles. The molecule has 0 bridgehead atoms. The van der Waals surface area contributed by atoms with Crippen LogP contribution in [0.2, 0.25) is 5.02 Å². The number of ether oxygens (including phenoxy) is 1. The summed E-state index contributed by atoms with van der Waals surface area (Å²) in [5, 5.41) is 3.84. The number of hydrogen-bond donors (Lipinski definition) is 1. The second-order valence-electron chi connectivity index (χ2n) is 4.59. The molecule has 0 spiro atoms. The molecule has 2 rings (SSSR count). The molecular formula is C14H19ClFNOS. The van der Waals surface area contributed by atoms with Gasteiger partial charge in [0.2, 0.25) is 0 Å². The molecule has 1 aromatic rings. The van der Waals surface area contributed by atoms with Gasteiger partial charge in [0.15, 0.2) is 0 Å². The van der Waals surface area contributed by atoms with Crippen LogP contribution in [0.5, 0.6) is 0 Å². The van der Waals surface area contributed by atoms with Crippen LogP contribution in [-0.4, -0.2) is 36.8 Å². The van der Waals surface area contributed by atoms with Gasteiger partial charge in [-0.3, -0.25) is 0 Å². The first-order valence-electron chi connectivity index (χ1n) is 6.57. The predicted molar refractivity (Wildman–Crippen MR) is 79.6 cm³/mol. The van der Waals surface area contributed by atoms with Crippen LogP contribution in [0.1, 0.15) is 12.5 Å². The van der Waals surface area contributed by atoms with Gasteiger partial charge in [-0.15, -0.1) is 0 Å². The lowest BCUT2D eigenvalue weighted by atomic mass is 10.0. The Bertz CT molecular complexity index is 412. The Kier molecular flexibility index (Phi) is 5.95. The van der Waals surface area contributed by atoms with E-state index in [0.29, 0.717) is 17.0 Å². The molecule has 19 heavy (non-hydrogen) atoms. The predicted octanol–water partition coefficient (Wildman–Crippen LogP) is 3.13. The first-order chi connectivity index (χ1) is 9.20. The van der Waals surface area contributed by atoms with E-state index in [4.69, 9.17) is 16.3 Å². The van der Waals surface area contributed by atoms with Crippen LogP contribution in [0, 0.1) is 5.82 Å². The second kappa shape index (κ2) is 7.48. The minimum Gasteiger partial charge on any atom is -0.375 e. The van der Waals surface area contributed by atoms with Crippen molar-refractivity contribution in [2.24, 2.45) is 0 Å². The molecule has 2 unspecified atom stereocenters. The summed E-state index contributed by atoms with van der Waals surface area (Å²) in [6.45, 7) is 3.69. The molecular weight excluding hydrogens is 285 g/mol. The van der Waals surface area contributed by atoms with Crippen molar-refractivity contribution in [3.05, 3.63) is 34.6 Å². The fourth-order valence-electron chi connectivity index (χ4n) is 2.26. The first kappa shape index (κ1) is 15.1. The maximum atomic E-state index is 13.9. The highest BCUT2D eigenvalue weighted by molar-refractivity contribution is 7.99. The van der Waals surface area contributed by atoms with Crippen molar-refractivity contribution in [3.63, 3.8) is 0 Å². The Balaban J connectivity index is 2.06. The molecule has 0 aliphatic carbocycles. The van der Waals surface area contributed by atoms with Crippen molar-refractivity contribution in [2.75, 3.05) is 24.7 Å². The van der Waals surface area contributed by atoms with Crippen molar-refractivity contribution < 1.29 is 9.13 Å². The highest BCUT2D eigenvalue weighted by Gasteiger charge is 2.25.